The highest BCUT2D eigenvalue weighted by molar-refractivity contribution is 7.89. The Morgan fingerprint density at radius 1 is 0.879 bits per heavy atom. The van der Waals surface area contributed by atoms with E-state index in [9.17, 15) is 26.0 Å². The minimum Gasteiger partial charge on any atom is -0.325 e. The molecule has 2 aromatic rings. The summed E-state index contributed by atoms with van der Waals surface area (Å²) in [6.07, 6.45) is 3.35. The van der Waals surface area contributed by atoms with E-state index < -0.39 is 42.7 Å². The molecule has 11 heteroatoms. The third-order valence-electron chi connectivity index (χ3n) is 5.98. The molecular formula is C22H26FN3O5S2. The average Bonchev–Trinajstić information content (AvgIpc) is 3.31. The third kappa shape index (κ3) is 4.81. The number of amides is 1. The van der Waals surface area contributed by atoms with Crippen molar-refractivity contribution in [2.24, 2.45) is 0 Å². The summed E-state index contributed by atoms with van der Waals surface area (Å²) in [7, 11) is -7.89. The largest absolute Gasteiger partial charge is 0.325 e. The van der Waals surface area contributed by atoms with E-state index in [2.05, 4.69) is 5.32 Å². The van der Waals surface area contributed by atoms with Crippen molar-refractivity contribution in [1.82, 2.24) is 8.61 Å². The van der Waals surface area contributed by atoms with Crippen molar-refractivity contribution in [2.75, 3.05) is 25.0 Å². The van der Waals surface area contributed by atoms with Crippen LogP contribution in [0.3, 0.4) is 0 Å². The summed E-state index contributed by atoms with van der Waals surface area (Å²) in [6, 6.07) is 9.99. The second-order valence-electron chi connectivity index (χ2n) is 8.19. The molecule has 0 radical (unpaired) electrons. The molecule has 178 valence electrons. The van der Waals surface area contributed by atoms with Crippen LogP contribution in [0, 0.1) is 5.82 Å². The number of halogens is 1. The van der Waals surface area contributed by atoms with Crippen LogP contribution in [0.1, 0.15) is 32.1 Å². The molecule has 2 aromatic carbocycles. The molecule has 0 aliphatic carbocycles. The van der Waals surface area contributed by atoms with Gasteiger partial charge in [0.1, 0.15) is 16.8 Å². The van der Waals surface area contributed by atoms with Gasteiger partial charge in [0.05, 0.1) is 4.90 Å². The van der Waals surface area contributed by atoms with Gasteiger partial charge in [-0.25, -0.2) is 21.2 Å². The molecule has 8 nitrogen and oxygen atoms in total. The Hall–Kier alpha value is -2.34. The van der Waals surface area contributed by atoms with Crippen LogP contribution in [0.5, 0.6) is 0 Å². The van der Waals surface area contributed by atoms with E-state index in [0.29, 0.717) is 19.5 Å². The minimum absolute atomic E-state index is 0.0736. The minimum atomic E-state index is -4.21. The van der Waals surface area contributed by atoms with Crippen LogP contribution in [0.15, 0.2) is 58.3 Å². The van der Waals surface area contributed by atoms with Gasteiger partial charge in [-0.15, -0.1) is 0 Å². The maximum absolute atomic E-state index is 14.2. The molecule has 2 heterocycles. The Balaban J connectivity index is 1.54. The number of anilines is 1. The highest BCUT2D eigenvalue weighted by atomic mass is 32.2. The van der Waals surface area contributed by atoms with E-state index in [1.54, 1.807) is 6.07 Å². The van der Waals surface area contributed by atoms with Crippen LogP contribution in [0.25, 0.3) is 0 Å². The molecule has 0 bridgehead atoms. The number of benzene rings is 2. The van der Waals surface area contributed by atoms with Gasteiger partial charge in [-0.3, -0.25) is 4.79 Å². The number of nitrogens with zero attached hydrogens (tertiary/aromatic N) is 2. The number of nitrogens with one attached hydrogen (secondary N) is 1. The number of hydrogen-bond donors (Lipinski definition) is 1. The topological polar surface area (TPSA) is 104 Å². The van der Waals surface area contributed by atoms with E-state index in [1.165, 1.54) is 40.7 Å². The van der Waals surface area contributed by atoms with Crippen molar-refractivity contribution in [3.63, 3.8) is 0 Å². The number of sulfonamides is 2. The van der Waals surface area contributed by atoms with Gasteiger partial charge in [-0.05, 0) is 56.0 Å². The molecule has 2 saturated heterocycles. The van der Waals surface area contributed by atoms with E-state index in [-0.39, 0.29) is 23.5 Å². The number of hydrogen-bond acceptors (Lipinski definition) is 5. The first-order valence-corrected chi connectivity index (χ1v) is 13.8. The van der Waals surface area contributed by atoms with E-state index in [1.807, 2.05) is 0 Å². The maximum atomic E-state index is 14.2. The smallest absolute Gasteiger partial charge is 0.246 e. The van der Waals surface area contributed by atoms with Crippen LogP contribution < -0.4 is 5.32 Å². The molecule has 0 spiro atoms. The van der Waals surface area contributed by atoms with Crippen molar-refractivity contribution in [3.8, 4) is 0 Å². The lowest BCUT2D eigenvalue weighted by Gasteiger charge is -2.26. The summed E-state index contributed by atoms with van der Waals surface area (Å²) < 4.78 is 68.5. The zero-order valence-electron chi connectivity index (χ0n) is 18.0. The van der Waals surface area contributed by atoms with E-state index in [0.717, 1.165) is 29.6 Å². The molecule has 1 amide bonds. The summed E-state index contributed by atoms with van der Waals surface area (Å²) >= 11 is 0. The first kappa shape index (κ1) is 23.8. The second-order valence-corrected chi connectivity index (χ2v) is 12.0. The number of rotatable bonds is 6. The normalized spacial score (nSPS) is 20.6. The highest BCUT2D eigenvalue weighted by Crippen LogP contribution is 2.29. The van der Waals surface area contributed by atoms with Gasteiger partial charge < -0.3 is 5.32 Å². The van der Waals surface area contributed by atoms with Gasteiger partial charge in [0.2, 0.25) is 26.0 Å². The predicted octanol–water partition coefficient (Wildman–Crippen LogP) is 2.79. The molecule has 0 saturated carbocycles. The molecule has 4 rings (SSSR count). The summed E-state index contributed by atoms with van der Waals surface area (Å²) in [5.74, 6) is -1.46. The third-order valence-corrected chi connectivity index (χ3v) is 9.82. The van der Waals surface area contributed by atoms with E-state index in [4.69, 9.17) is 0 Å². The van der Waals surface area contributed by atoms with Gasteiger partial charge >= 0.3 is 0 Å². The Kier molecular flexibility index (Phi) is 6.85. The number of piperidine rings is 1. The van der Waals surface area contributed by atoms with Crippen molar-refractivity contribution < 1.29 is 26.0 Å². The van der Waals surface area contributed by atoms with Gasteiger partial charge in [-0.1, -0.05) is 24.6 Å². The number of carbonyl (C=O) groups is 1. The van der Waals surface area contributed by atoms with E-state index >= 15 is 0 Å². The summed E-state index contributed by atoms with van der Waals surface area (Å²) in [5, 5.41) is 2.65. The Bertz CT molecular complexity index is 1240. The van der Waals surface area contributed by atoms with Gasteiger partial charge in [0, 0.05) is 25.3 Å². The fourth-order valence-electron chi connectivity index (χ4n) is 4.28. The van der Waals surface area contributed by atoms with Crippen LogP contribution in [0.4, 0.5) is 10.1 Å². The van der Waals surface area contributed by atoms with Crippen LogP contribution in [-0.4, -0.2) is 57.0 Å². The van der Waals surface area contributed by atoms with Crippen LogP contribution in [0.2, 0.25) is 0 Å². The zero-order chi connectivity index (χ0) is 23.6. The lowest BCUT2D eigenvalue weighted by Crippen LogP contribution is -2.43. The Morgan fingerprint density at radius 3 is 2.33 bits per heavy atom. The SMILES string of the molecule is O=C(Nc1cccc(S(=O)(=O)N2CCCCC2)c1)[C@@H]1CCCN1S(=O)(=O)c1ccccc1F. The standard InChI is InChI=1S/C22H26FN3O5S2/c23-19-10-2-3-12-21(19)33(30,31)26-15-7-11-20(26)22(27)24-17-8-6-9-18(16-17)32(28,29)25-13-4-1-5-14-25/h2-3,6,8-10,12,16,20H,1,4-5,7,11,13-15H2,(H,24,27)/t20-/m0/s1. The average molecular weight is 496 g/mol. The molecule has 1 N–H and O–H groups in total. The number of carbonyl (C=O) groups excluding carboxylic acids is 1. The van der Waals surface area contributed by atoms with Crippen LogP contribution in [-0.2, 0) is 24.8 Å². The first-order valence-electron chi connectivity index (χ1n) is 10.9. The molecule has 0 unspecified atom stereocenters. The Labute approximate surface area is 193 Å². The Morgan fingerprint density at radius 2 is 1.61 bits per heavy atom. The molecule has 33 heavy (non-hydrogen) atoms. The molecule has 1 atom stereocenters. The lowest BCUT2D eigenvalue weighted by atomic mass is 10.2. The summed E-state index contributed by atoms with van der Waals surface area (Å²) in [5.41, 5.74) is 0.258. The van der Waals surface area contributed by atoms with Crippen LogP contribution >= 0.6 is 0 Å². The highest BCUT2D eigenvalue weighted by Gasteiger charge is 2.40. The molecule has 2 fully saturated rings. The van der Waals surface area contributed by atoms with Crippen molar-refractivity contribution in [1.29, 1.82) is 0 Å². The molecule has 0 aromatic heterocycles. The monoisotopic (exact) mass is 495 g/mol. The zero-order valence-corrected chi connectivity index (χ0v) is 19.6. The fourth-order valence-corrected chi connectivity index (χ4v) is 7.57. The lowest BCUT2D eigenvalue weighted by molar-refractivity contribution is -0.119. The molecule has 2 aliphatic heterocycles. The predicted molar refractivity (Wildman–Crippen MR) is 121 cm³/mol. The summed E-state index contributed by atoms with van der Waals surface area (Å²) in [6.45, 7) is 1.02. The summed E-state index contributed by atoms with van der Waals surface area (Å²) in [4.78, 5) is 12.6. The van der Waals surface area contributed by atoms with Gasteiger partial charge in [0.15, 0.2) is 0 Å². The van der Waals surface area contributed by atoms with Gasteiger partial charge in [0.25, 0.3) is 0 Å². The molecular weight excluding hydrogens is 469 g/mol. The molecule has 2 aliphatic rings. The van der Waals surface area contributed by atoms with Crippen molar-refractivity contribution in [3.05, 3.63) is 54.3 Å². The fraction of sp³-hybridized carbons (Fsp3) is 0.409. The van der Waals surface area contributed by atoms with Crippen molar-refractivity contribution in [2.45, 2.75) is 47.9 Å². The van der Waals surface area contributed by atoms with Gasteiger partial charge in [-0.2, -0.15) is 8.61 Å². The second kappa shape index (κ2) is 9.49. The maximum Gasteiger partial charge on any atom is 0.246 e. The quantitative estimate of drug-likeness (QED) is 0.664. The first-order chi connectivity index (χ1) is 15.7. The van der Waals surface area contributed by atoms with Crippen molar-refractivity contribution >= 4 is 31.6 Å².